The fraction of sp³-hybridized carbons (Fsp3) is 0. The van der Waals surface area contributed by atoms with E-state index in [1.54, 1.807) is 0 Å². The largest absolute Gasteiger partial charge is 0.417 e. The van der Waals surface area contributed by atoms with E-state index < -0.39 is 0 Å². The van der Waals surface area contributed by atoms with Crippen LogP contribution in [-0.4, -0.2) is 9.52 Å². The zero-order valence-electron chi connectivity index (χ0n) is 3.07. The highest BCUT2D eigenvalue weighted by molar-refractivity contribution is 6.47. The average molecular weight is 82.2 g/mol. The van der Waals surface area contributed by atoms with Gasteiger partial charge in [-0.15, -0.1) is 13.2 Å². The fourth-order valence-corrected chi connectivity index (χ4v) is 0.250. The highest BCUT2D eigenvalue weighted by Crippen LogP contribution is 1.55. The Morgan fingerprint density at radius 2 is 1.60 bits per heavy atom. The molecule has 0 aliphatic carbocycles. The Morgan fingerprint density at radius 3 is 1.60 bits per heavy atom. The summed E-state index contributed by atoms with van der Waals surface area (Å²) in [4.78, 5) is 0. The van der Waals surface area contributed by atoms with Crippen molar-refractivity contribution in [2.45, 2.75) is 0 Å². The summed E-state index contributed by atoms with van der Waals surface area (Å²) in [6, 6.07) is 0. The third kappa shape index (κ3) is 3.70. The van der Waals surface area contributed by atoms with Gasteiger partial charge >= 0.3 is 0 Å². The van der Waals surface area contributed by atoms with Crippen LogP contribution in [0.1, 0.15) is 0 Å². The first kappa shape index (κ1) is 4.70. The van der Waals surface area contributed by atoms with Crippen molar-refractivity contribution in [3.63, 3.8) is 0 Å². The highest BCUT2D eigenvalue weighted by atomic mass is 28.2. The van der Waals surface area contributed by atoms with Gasteiger partial charge in [0.1, 0.15) is 0 Å². The molecular formula is C4H6Si-. The zero-order chi connectivity index (χ0) is 4.12. The maximum Gasteiger partial charge on any atom is -0.139 e. The van der Waals surface area contributed by atoms with Gasteiger partial charge in [-0.1, -0.05) is 0 Å². The normalized spacial score (nSPS) is 5.60. The topological polar surface area (TPSA) is 0 Å². The van der Waals surface area contributed by atoms with Gasteiger partial charge in [-0.05, 0) is 0 Å². The molecule has 0 aliphatic heterocycles. The quantitative estimate of drug-likeness (QED) is 0.435. The number of hydrogen-bond acceptors (Lipinski definition) is 0. The van der Waals surface area contributed by atoms with Gasteiger partial charge in [0.15, 0.2) is 0 Å². The van der Waals surface area contributed by atoms with E-state index in [4.69, 9.17) is 0 Å². The van der Waals surface area contributed by atoms with Crippen LogP contribution in [0.15, 0.2) is 24.6 Å². The van der Waals surface area contributed by atoms with Crippen molar-refractivity contribution in [3.8, 4) is 0 Å². The van der Waals surface area contributed by atoms with Gasteiger partial charge < -0.3 is 9.52 Å². The third-order valence-corrected chi connectivity index (χ3v) is 0.707. The first-order valence-corrected chi connectivity index (χ1v) is 2.55. The van der Waals surface area contributed by atoms with Gasteiger partial charge in [0, 0.05) is 0 Å². The van der Waals surface area contributed by atoms with Crippen molar-refractivity contribution in [2.24, 2.45) is 0 Å². The molecular weight excluding hydrogens is 76.1 g/mol. The first-order valence-electron chi connectivity index (χ1n) is 1.39. The van der Waals surface area contributed by atoms with Gasteiger partial charge in [0.05, 0.1) is 0 Å². The Hall–Kier alpha value is -0.303. The Balaban J connectivity index is 2.65. The van der Waals surface area contributed by atoms with E-state index in [-0.39, 0.29) is 0 Å². The van der Waals surface area contributed by atoms with E-state index in [0.717, 1.165) is 9.52 Å². The lowest BCUT2D eigenvalue weighted by molar-refractivity contribution is 2.44. The maximum absolute atomic E-state index is 3.49. The Bertz CT molecular complexity index is 32.9. The lowest BCUT2D eigenvalue weighted by Gasteiger charge is -1.90. The van der Waals surface area contributed by atoms with Crippen LogP contribution in [0.3, 0.4) is 0 Å². The van der Waals surface area contributed by atoms with Crippen LogP contribution >= 0.6 is 0 Å². The summed E-state index contributed by atoms with van der Waals surface area (Å²) in [5.74, 6) is 0. The Labute approximate surface area is 35.0 Å². The summed E-state index contributed by atoms with van der Waals surface area (Å²) in [5.41, 5.74) is 3.68. The van der Waals surface area contributed by atoms with Gasteiger partial charge in [0.25, 0.3) is 0 Å². The molecule has 0 heterocycles. The standard InChI is InChI=1S/C4H6Si/c1-3-5-4-2/h3-4H,1-2H2/q-1. The Morgan fingerprint density at radius 1 is 1.20 bits per heavy atom. The molecule has 0 amide bonds. The van der Waals surface area contributed by atoms with Crippen molar-refractivity contribution < 1.29 is 0 Å². The molecule has 5 heavy (non-hydrogen) atoms. The molecule has 1 radical (unpaired) electrons. The minimum Gasteiger partial charge on any atom is -0.417 e. The predicted octanol–water partition coefficient (Wildman–Crippen LogP) is 0.978. The van der Waals surface area contributed by atoms with Gasteiger partial charge in [-0.3, -0.25) is 11.4 Å². The zero-order valence-corrected chi connectivity index (χ0v) is 4.07. The molecule has 0 spiro atoms. The molecule has 0 atom stereocenters. The molecule has 0 rings (SSSR count). The molecule has 0 saturated carbocycles. The van der Waals surface area contributed by atoms with Crippen molar-refractivity contribution in [2.75, 3.05) is 0 Å². The minimum atomic E-state index is 0.725. The monoisotopic (exact) mass is 82.0 g/mol. The van der Waals surface area contributed by atoms with Crippen LogP contribution in [0.5, 0.6) is 0 Å². The summed E-state index contributed by atoms with van der Waals surface area (Å²) in [5, 5.41) is 0. The van der Waals surface area contributed by atoms with Crippen LogP contribution in [0, 0.1) is 0 Å². The second-order valence-electron chi connectivity index (χ2n) is 0.575. The van der Waals surface area contributed by atoms with Crippen LogP contribution in [0.25, 0.3) is 0 Å². The molecule has 0 unspecified atom stereocenters. The summed E-state index contributed by atoms with van der Waals surface area (Å²) < 4.78 is 0. The summed E-state index contributed by atoms with van der Waals surface area (Å²) >= 11 is 0. The van der Waals surface area contributed by atoms with Crippen molar-refractivity contribution >= 4 is 9.52 Å². The van der Waals surface area contributed by atoms with Crippen LogP contribution in [0.4, 0.5) is 0 Å². The molecule has 0 aromatic rings. The predicted molar refractivity (Wildman–Crippen MR) is 26.1 cm³/mol. The molecule has 0 aliphatic rings. The number of rotatable bonds is 2. The maximum atomic E-state index is 3.49. The molecule has 27 valence electrons. The summed E-state index contributed by atoms with van der Waals surface area (Å²) in [6.07, 6.45) is 0. The lowest BCUT2D eigenvalue weighted by atomic mass is 11.2. The SMILES string of the molecule is C=C[Si-]C=C. The molecule has 0 aromatic heterocycles. The second kappa shape index (κ2) is 3.70. The molecule has 0 bridgehead atoms. The van der Waals surface area contributed by atoms with Crippen LogP contribution in [0.2, 0.25) is 0 Å². The molecule has 0 saturated heterocycles. The van der Waals surface area contributed by atoms with E-state index in [9.17, 15) is 0 Å². The van der Waals surface area contributed by atoms with E-state index in [2.05, 4.69) is 13.2 Å². The van der Waals surface area contributed by atoms with Crippen molar-refractivity contribution in [3.05, 3.63) is 24.6 Å². The van der Waals surface area contributed by atoms with Gasteiger partial charge in [-0.25, -0.2) is 0 Å². The summed E-state index contributed by atoms with van der Waals surface area (Å²) in [6.45, 7) is 6.98. The van der Waals surface area contributed by atoms with Crippen molar-refractivity contribution in [1.29, 1.82) is 0 Å². The summed E-state index contributed by atoms with van der Waals surface area (Å²) in [7, 11) is 0.725. The lowest BCUT2D eigenvalue weighted by Crippen LogP contribution is -1.67. The molecule has 0 aromatic carbocycles. The van der Waals surface area contributed by atoms with Crippen LogP contribution < -0.4 is 0 Å². The van der Waals surface area contributed by atoms with E-state index in [1.165, 1.54) is 0 Å². The smallest absolute Gasteiger partial charge is 0.139 e. The van der Waals surface area contributed by atoms with Gasteiger partial charge in [0.2, 0.25) is 0 Å². The second-order valence-corrected chi connectivity index (χ2v) is 1.72. The van der Waals surface area contributed by atoms with Gasteiger partial charge in [-0.2, -0.15) is 0 Å². The van der Waals surface area contributed by atoms with E-state index in [0.29, 0.717) is 0 Å². The highest BCUT2D eigenvalue weighted by Gasteiger charge is 1.27. The van der Waals surface area contributed by atoms with E-state index >= 15 is 0 Å². The minimum absolute atomic E-state index is 0.725. The number of hydrogen-bond donors (Lipinski definition) is 0. The molecule has 0 fully saturated rings. The molecule has 1 heteroatoms. The van der Waals surface area contributed by atoms with Crippen LogP contribution in [-0.2, 0) is 0 Å². The molecule has 0 nitrogen and oxygen atoms in total. The Kier molecular flexibility index (Phi) is 3.47. The first-order chi connectivity index (χ1) is 2.41. The third-order valence-electron chi connectivity index (χ3n) is 0.236. The average Bonchev–Trinajstić information content (AvgIpc) is 1.41. The van der Waals surface area contributed by atoms with Crippen molar-refractivity contribution in [1.82, 2.24) is 0 Å². The fourth-order valence-electron chi connectivity index (χ4n) is 0.0833. The van der Waals surface area contributed by atoms with E-state index in [1.807, 2.05) is 11.4 Å². The molecule has 0 N–H and O–H groups in total.